The molecule has 0 spiro atoms. The van der Waals surface area contributed by atoms with Gasteiger partial charge in [-0.15, -0.1) is 0 Å². The Balaban J connectivity index is 2.60. The molecule has 8 nitrogen and oxygen atoms in total. The Morgan fingerprint density at radius 3 is 2.08 bits per heavy atom. The summed E-state index contributed by atoms with van der Waals surface area (Å²) in [5.74, 6) is -0.488. The normalized spacial score (nSPS) is 12.8. The molecule has 9 heteroatoms. The molecule has 1 rings (SSSR count). The van der Waals surface area contributed by atoms with Gasteiger partial charge in [0.05, 0.1) is 5.75 Å². The van der Waals surface area contributed by atoms with Gasteiger partial charge in [0.2, 0.25) is 15.9 Å². The molecule has 25 heavy (non-hydrogen) atoms. The number of sulfonamides is 1. The average molecular weight is 370 g/mol. The zero-order valence-corrected chi connectivity index (χ0v) is 16.0. The van der Waals surface area contributed by atoms with Crippen molar-refractivity contribution in [3.05, 3.63) is 24.3 Å². The predicted molar refractivity (Wildman–Crippen MR) is 99.0 cm³/mol. The summed E-state index contributed by atoms with van der Waals surface area (Å²) >= 11 is 0. The SMILES string of the molecule is CCS(=O)(=O)Nc1ccc(N[C@H](C)C(=O)NC(=O)NC(C)(C)C)cc1. The summed E-state index contributed by atoms with van der Waals surface area (Å²) in [5.41, 5.74) is 0.621. The number of benzene rings is 1. The van der Waals surface area contributed by atoms with Gasteiger partial charge in [-0.3, -0.25) is 14.8 Å². The zero-order chi connectivity index (χ0) is 19.3. The minimum Gasteiger partial charge on any atom is -0.374 e. The van der Waals surface area contributed by atoms with Crippen LogP contribution >= 0.6 is 0 Å². The van der Waals surface area contributed by atoms with Crippen LogP contribution in [-0.2, 0) is 14.8 Å². The first-order chi connectivity index (χ1) is 11.4. The Kier molecular flexibility index (Phi) is 6.80. The van der Waals surface area contributed by atoms with E-state index < -0.39 is 33.5 Å². The minimum absolute atomic E-state index is 0.0131. The second-order valence-corrected chi connectivity index (χ2v) is 8.65. The van der Waals surface area contributed by atoms with E-state index >= 15 is 0 Å². The van der Waals surface area contributed by atoms with E-state index in [2.05, 4.69) is 20.7 Å². The summed E-state index contributed by atoms with van der Waals surface area (Å²) < 4.78 is 25.4. The summed E-state index contributed by atoms with van der Waals surface area (Å²) in [6.45, 7) is 8.61. The molecule has 0 aliphatic rings. The number of rotatable bonds is 6. The van der Waals surface area contributed by atoms with Gasteiger partial charge >= 0.3 is 6.03 Å². The van der Waals surface area contributed by atoms with E-state index in [0.29, 0.717) is 11.4 Å². The maximum absolute atomic E-state index is 12.0. The molecule has 4 N–H and O–H groups in total. The highest BCUT2D eigenvalue weighted by Gasteiger charge is 2.19. The Hall–Kier alpha value is -2.29. The molecular formula is C16H26N4O4S. The van der Waals surface area contributed by atoms with Crippen molar-refractivity contribution in [3.63, 3.8) is 0 Å². The van der Waals surface area contributed by atoms with Gasteiger partial charge in [-0.1, -0.05) is 0 Å². The highest BCUT2D eigenvalue weighted by atomic mass is 32.2. The molecule has 0 aliphatic heterocycles. The van der Waals surface area contributed by atoms with Crippen molar-refractivity contribution in [2.24, 2.45) is 0 Å². The van der Waals surface area contributed by atoms with Crippen LogP contribution in [0, 0.1) is 0 Å². The minimum atomic E-state index is -3.33. The standard InChI is InChI=1S/C16H26N4O4S/c1-6-25(23,24)20-13-9-7-12(8-10-13)17-11(2)14(21)18-15(22)19-16(3,4)5/h7-11,17,20H,6H2,1-5H3,(H2,18,19,21,22)/t11-/m1/s1. The lowest BCUT2D eigenvalue weighted by molar-refractivity contribution is -0.120. The fourth-order valence-electron chi connectivity index (χ4n) is 1.79. The van der Waals surface area contributed by atoms with Crippen LogP contribution in [0.1, 0.15) is 34.6 Å². The number of urea groups is 1. The van der Waals surface area contributed by atoms with Gasteiger partial charge in [0, 0.05) is 16.9 Å². The van der Waals surface area contributed by atoms with E-state index in [9.17, 15) is 18.0 Å². The molecule has 0 aliphatic carbocycles. The quantitative estimate of drug-likeness (QED) is 0.610. The molecule has 3 amide bonds. The summed E-state index contributed by atoms with van der Waals surface area (Å²) in [6.07, 6.45) is 0. The molecule has 0 unspecified atom stereocenters. The smallest absolute Gasteiger partial charge is 0.321 e. The van der Waals surface area contributed by atoms with Crippen molar-refractivity contribution in [2.45, 2.75) is 46.2 Å². The second-order valence-electron chi connectivity index (χ2n) is 6.64. The van der Waals surface area contributed by atoms with E-state index in [1.807, 2.05) is 20.8 Å². The fourth-order valence-corrected chi connectivity index (χ4v) is 2.43. The van der Waals surface area contributed by atoms with Gasteiger partial charge in [-0.05, 0) is 58.9 Å². The van der Waals surface area contributed by atoms with E-state index in [0.717, 1.165) is 0 Å². The van der Waals surface area contributed by atoms with Crippen molar-refractivity contribution in [1.29, 1.82) is 0 Å². The van der Waals surface area contributed by atoms with Crippen LogP contribution in [-0.4, -0.2) is 37.7 Å². The van der Waals surface area contributed by atoms with Crippen LogP contribution in [0.3, 0.4) is 0 Å². The summed E-state index contributed by atoms with van der Waals surface area (Å²) in [7, 11) is -3.33. The van der Waals surface area contributed by atoms with E-state index in [4.69, 9.17) is 0 Å². The molecule has 140 valence electrons. The number of imide groups is 1. The number of amides is 3. The number of hydrogen-bond acceptors (Lipinski definition) is 5. The molecule has 0 heterocycles. The third-order valence-corrected chi connectivity index (χ3v) is 4.35. The van der Waals surface area contributed by atoms with Crippen LogP contribution in [0.4, 0.5) is 16.2 Å². The monoisotopic (exact) mass is 370 g/mol. The number of carbonyl (C=O) groups is 2. The van der Waals surface area contributed by atoms with Gasteiger partial charge < -0.3 is 10.6 Å². The van der Waals surface area contributed by atoms with Gasteiger partial charge in [-0.25, -0.2) is 13.2 Å². The molecule has 0 radical (unpaired) electrons. The van der Waals surface area contributed by atoms with Crippen molar-refractivity contribution >= 4 is 33.3 Å². The Labute approximate surface area is 148 Å². The topological polar surface area (TPSA) is 116 Å². The van der Waals surface area contributed by atoms with Crippen molar-refractivity contribution in [1.82, 2.24) is 10.6 Å². The Bertz CT molecular complexity index is 709. The molecular weight excluding hydrogens is 344 g/mol. The lowest BCUT2D eigenvalue weighted by Gasteiger charge is -2.21. The first-order valence-electron chi connectivity index (χ1n) is 7.92. The van der Waals surface area contributed by atoms with E-state index in [-0.39, 0.29) is 5.75 Å². The Morgan fingerprint density at radius 1 is 1.08 bits per heavy atom. The largest absolute Gasteiger partial charge is 0.374 e. The van der Waals surface area contributed by atoms with Gasteiger partial charge in [0.15, 0.2) is 0 Å². The number of hydrogen-bond donors (Lipinski definition) is 4. The molecule has 0 saturated heterocycles. The van der Waals surface area contributed by atoms with Crippen LogP contribution in [0.25, 0.3) is 0 Å². The van der Waals surface area contributed by atoms with Crippen LogP contribution in [0.2, 0.25) is 0 Å². The maximum Gasteiger partial charge on any atom is 0.321 e. The second kappa shape index (κ2) is 8.19. The third-order valence-electron chi connectivity index (χ3n) is 3.04. The van der Waals surface area contributed by atoms with E-state index in [1.165, 1.54) is 0 Å². The average Bonchev–Trinajstić information content (AvgIpc) is 2.47. The van der Waals surface area contributed by atoms with Crippen LogP contribution < -0.4 is 20.7 Å². The van der Waals surface area contributed by atoms with E-state index in [1.54, 1.807) is 38.1 Å². The zero-order valence-electron chi connectivity index (χ0n) is 15.1. The molecule has 1 aromatic carbocycles. The fraction of sp³-hybridized carbons (Fsp3) is 0.500. The molecule has 0 fully saturated rings. The summed E-state index contributed by atoms with van der Waals surface area (Å²) in [6, 6.07) is 5.26. The summed E-state index contributed by atoms with van der Waals surface area (Å²) in [5, 5.41) is 7.85. The Morgan fingerprint density at radius 2 is 1.60 bits per heavy atom. The molecule has 0 saturated carbocycles. The molecule has 1 atom stereocenters. The van der Waals surface area contributed by atoms with Crippen molar-refractivity contribution in [3.8, 4) is 0 Å². The predicted octanol–water partition coefficient (Wildman–Crippen LogP) is 1.87. The first kappa shape index (κ1) is 20.8. The van der Waals surface area contributed by atoms with Crippen molar-refractivity contribution in [2.75, 3.05) is 15.8 Å². The molecule has 0 aromatic heterocycles. The highest BCUT2D eigenvalue weighted by Crippen LogP contribution is 2.15. The highest BCUT2D eigenvalue weighted by molar-refractivity contribution is 7.92. The van der Waals surface area contributed by atoms with Crippen molar-refractivity contribution < 1.29 is 18.0 Å². The maximum atomic E-state index is 12.0. The first-order valence-corrected chi connectivity index (χ1v) is 9.57. The number of carbonyl (C=O) groups excluding carboxylic acids is 2. The molecule has 0 bridgehead atoms. The lowest BCUT2D eigenvalue weighted by Crippen LogP contribution is -2.51. The lowest BCUT2D eigenvalue weighted by atomic mass is 10.1. The van der Waals surface area contributed by atoms with Gasteiger partial charge in [0.1, 0.15) is 6.04 Å². The number of nitrogens with one attached hydrogen (secondary N) is 4. The van der Waals surface area contributed by atoms with Gasteiger partial charge in [-0.2, -0.15) is 0 Å². The molecule has 1 aromatic rings. The number of anilines is 2. The summed E-state index contributed by atoms with van der Waals surface area (Å²) in [4.78, 5) is 23.7. The van der Waals surface area contributed by atoms with Crippen LogP contribution in [0.15, 0.2) is 24.3 Å². The van der Waals surface area contributed by atoms with Crippen LogP contribution in [0.5, 0.6) is 0 Å². The van der Waals surface area contributed by atoms with Gasteiger partial charge in [0.25, 0.3) is 0 Å². The third kappa shape index (κ3) is 7.88.